The average Bonchev–Trinajstić information content (AvgIpc) is 1.85. The van der Waals surface area contributed by atoms with Gasteiger partial charge in [0.2, 0.25) is 5.91 Å². The van der Waals surface area contributed by atoms with E-state index in [9.17, 15) is 9.59 Å². The smallest absolute Gasteiger partial charge is 0.329 e. The fourth-order valence-electron chi connectivity index (χ4n) is 0.537. The molecule has 0 heterocycles. The van der Waals surface area contributed by atoms with Gasteiger partial charge in [-0.3, -0.25) is 4.79 Å². The Kier molecular flexibility index (Phi) is 4.56. The Bertz CT molecular complexity index is 189. The van der Waals surface area contributed by atoms with E-state index in [-0.39, 0.29) is 12.1 Å². The molecule has 1 amide bonds. The number of amides is 1. The fraction of sp³-hybridized carbons (Fsp3) is 0.714. The number of carbonyl (C=O) groups excluding carboxylic acids is 1. The minimum absolute atomic E-state index is 0. The number of aliphatic carboxylic acids is 1. The van der Waals surface area contributed by atoms with E-state index in [1.165, 1.54) is 32.7 Å². The summed E-state index contributed by atoms with van der Waals surface area (Å²) in [6, 6.07) is 0. The minimum atomic E-state index is -1.12. The van der Waals surface area contributed by atoms with E-state index in [0.29, 0.717) is 0 Å². The molecule has 12 heavy (non-hydrogen) atoms. The van der Waals surface area contributed by atoms with Crippen molar-refractivity contribution in [2.75, 3.05) is 7.05 Å². The molecule has 0 bridgehead atoms. The number of likely N-dealkylation sites (N-methyl/N-ethyl adjacent to an activating group) is 1. The van der Waals surface area contributed by atoms with Gasteiger partial charge in [-0.05, 0) is 13.8 Å². The predicted octanol–water partition coefficient (Wildman–Crippen LogP) is 0.490. The van der Waals surface area contributed by atoms with Crippen molar-refractivity contribution in [3.8, 4) is 0 Å². The van der Waals surface area contributed by atoms with Gasteiger partial charge in [-0.25, -0.2) is 4.79 Å². The minimum Gasteiger partial charge on any atom is -0.480 e. The van der Waals surface area contributed by atoms with Gasteiger partial charge in [0, 0.05) is 14.0 Å². The number of carboxylic acids is 1. The molecule has 0 saturated heterocycles. The monoisotopic (exact) mass is 176 g/mol. The van der Waals surface area contributed by atoms with Crippen molar-refractivity contribution < 1.29 is 14.7 Å². The summed E-state index contributed by atoms with van der Waals surface area (Å²) in [4.78, 5) is 22.5. The molecule has 0 unspecified atom stereocenters. The van der Waals surface area contributed by atoms with Crippen molar-refractivity contribution in [3.05, 3.63) is 0 Å². The van der Waals surface area contributed by atoms with E-state index < -0.39 is 11.5 Å². The van der Waals surface area contributed by atoms with Gasteiger partial charge < -0.3 is 16.2 Å². The highest BCUT2D eigenvalue weighted by Gasteiger charge is 2.33. The molecule has 0 aromatic rings. The van der Waals surface area contributed by atoms with E-state index in [1.54, 1.807) is 0 Å². The second-order valence-corrected chi connectivity index (χ2v) is 2.94. The lowest BCUT2D eigenvalue weighted by Gasteiger charge is -2.30. The molecule has 0 aliphatic heterocycles. The third kappa shape index (κ3) is 2.50. The van der Waals surface area contributed by atoms with Gasteiger partial charge in [0.25, 0.3) is 0 Å². The fourth-order valence-corrected chi connectivity index (χ4v) is 0.537. The Hall–Kier alpha value is -1.10. The van der Waals surface area contributed by atoms with Gasteiger partial charge in [-0.1, -0.05) is 0 Å². The largest absolute Gasteiger partial charge is 0.480 e. The predicted molar refractivity (Wildman–Crippen MR) is 45.2 cm³/mol. The van der Waals surface area contributed by atoms with Crippen LogP contribution in [0.5, 0.6) is 0 Å². The second-order valence-electron chi connectivity index (χ2n) is 2.94. The molecule has 0 aromatic heterocycles. The number of nitrogens with zero attached hydrogens (tertiary/aromatic N) is 1. The van der Waals surface area contributed by atoms with E-state index in [1.807, 2.05) is 0 Å². The highest BCUT2D eigenvalue weighted by atomic mass is 16.4. The Morgan fingerprint density at radius 1 is 1.33 bits per heavy atom. The Labute approximate surface area is 71.9 Å². The maximum Gasteiger partial charge on any atom is 0.329 e. The van der Waals surface area contributed by atoms with Crippen molar-refractivity contribution in [2.24, 2.45) is 0 Å². The molecule has 5 nitrogen and oxygen atoms in total. The highest BCUT2D eigenvalue weighted by Crippen LogP contribution is 2.11. The second kappa shape index (κ2) is 4.06. The number of hydrogen-bond donors (Lipinski definition) is 2. The topological polar surface area (TPSA) is 92.6 Å². The van der Waals surface area contributed by atoms with Crippen LogP contribution < -0.4 is 6.15 Å². The van der Waals surface area contributed by atoms with Gasteiger partial charge in [-0.15, -0.1) is 0 Å². The summed E-state index contributed by atoms with van der Waals surface area (Å²) in [6.07, 6.45) is 0. The molecule has 0 fully saturated rings. The summed E-state index contributed by atoms with van der Waals surface area (Å²) in [6.45, 7) is 4.30. The molecule has 0 aromatic carbocycles. The zero-order valence-corrected chi connectivity index (χ0v) is 7.92. The molecular formula is C7H16N2O3. The van der Waals surface area contributed by atoms with Crippen LogP contribution in [0.2, 0.25) is 0 Å². The summed E-state index contributed by atoms with van der Waals surface area (Å²) in [5.74, 6) is -1.26. The summed E-state index contributed by atoms with van der Waals surface area (Å²) in [5.41, 5.74) is -1.12. The molecule has 4 N–H and O–H groups in total. The average molecular weight is 176 g/mol. The van der Waals surface area contributed by atoms with Crippen molar-refractivity contribution >= 4 is 11.9 Å². The summed E-state index contributed by atoms with van der Waals surface area (Å²) >= 11 is 0. The van der Waals surface area contributed by atoms with Crippen LogP contribution in [-0.2, 0) is 9.59 Å². The van der Waals surface area contributed by atoms with E-state index in [2.05, 4.69) is 0 Å². The first kappa shape index (κ1) is 13.5. The molecule has 0 atom stereocenters. The number of hydrogen-bond acceptors (Lipinski definition) is 3. The zero-order chi connectivity index (χ0) is 9.23. The zero-order valence-electron chi connectivity index (χ0n) is 7.92. The Morgan fingerprint density at radius 2 is 1.67 bits per heavy atom. The first-order valence-electron chi connectivity index (χ1n) is 3.28. The van der Waals surface area contributed by atoms with Crippen LogP contribution >= 0.6 is 0 Å². The molecule has 0 radical (unpaired) electrons. The SMILES string of the molecule is CC(=O)N(C)C(C)(C)C(=O)O.N. The third-order valence-corrected chi connectivity index (χ3v) is 1.83. The van der Waals surface area contributed by atoms with Crippen molar-refractivity contribution in [3.63, 3.8) is 0 Å². The Morgan fingerprint density at radius 3 is 1.75 bits per heavy atom. The third-order valence-electron chi connectivity index (χ3n) is 1.83. The number of carboxylic acid groups (broad SMARTS) is 1. The first-order valence-corrected chi connectivity index (χ1v) is 3.28. The van der Waals surface area contributed by atoms with Crippen LogP contribution in [0.3, 0.4) is 0 Å². The standard InChI is InChI=1S/C7H13NO3.H3N/c1-5(9)8(4)7(2,3)6(10)11;/h1-4H3,(H,10,11);1H3. The summed E-state index contributed by atoms with van der Waals surface area (Å²) in [7, 11) is 1.47. The number of rotatable bonds is 2. The summed E-state index contributed by atoms with van der Waals surface area (Å²) in [5, 5.41) is 8.67. The molecule has 0 saturated carbocycles. The molecule has 0 aliphatic rings. The van der Waals surface area contributed by atoms with Gasteiger partial charge >= 0.3 is 5.97 Å². The van der Waals surface area contributed by atoms with Crippen LogP contribution in [0.15, 0.2) is 0 Å². The summed E-state index contributed by atoms with van der Waals surface area (Å²) < 4.78 is 0. The van der Waals surface area contributed by atoms with Crippen LogP contribution in [0.1, 0.15) is 20.8 Å². The molecular weight excluding hydrogens is 160 g/mol. The van der Waals surface area contributed by atoms with Crippen LogP contribution in [0.25, 0.3) is 0 Å². The lowest BCUT2D eigenvalue weighted by atomic mass is 10.0. The molecule has 0 aliphatic carbocycles. The maximum absolute atomic E-state index is 10.8. The van der Waals surface area contributed by atoms with Crippen molar-refractivity contribution in [1.29, 1.82) is 0 Å². The van der Waals surface area contributed by atoms with E-state index in [0.717, 1.165) is 0 Å². The van der Waals surface area contributed by atoms with Crippen LogP contribution in [0.4, 0.5) is 0 Å². The lowest BCUT2D eigenvalue weighted by molar-refractivity contribution is -0.154. The van der Waals surface area contributed by atoms with Gasteiger partial charge in [0.05, 0.1) is 0 Å². The van der Waals surface area contributed by atoms with E-state index in [4.69, 9.17) is 5.11 Å². The molecule has 0 spiro atoms. The maximum atomic E-state index is 10.8. The Balaban J connectivity index is 0. The van der Waals surface area contributed by atoms with Crippen molar-refractivity contribution in [1.82, 2.24) is 11.1 Å². The number of carbonyl (C=O) groups is 2. The van der Waals surface area contributed by atoms with Crippen LogP contribution in [-0.4, -0.2) is 34.5 Å². The van der Waals surface area contributed by atoms with E-state index >= 15 is 0 Å². The van der Waals surface area contributed by atoms with Gasteiger partial charge in [0.15, 0.2) is 0 Å². The van der Waals surface area contributed by atoms with Gasteiger partial charge in [0.1, 0.15) is 5.54 Å². The highest BCUT2D eigenvalue weighted by molar-refractivity contribution is 5.84. The van der Waals surface area contributed by atoms with Crippen LogP contribution in [0, 0.1) is 0 Å². The first-order chi connectivity index (χ1) is 4.80. The van der Waals surface area contributed by atoms with Gasteiger partial charge in [-0.2, -0.15) is 0 Å². The lowest BCUT2D eigenvalue weighted by Crippen LogP contribution is -2.49. The molecule has 72 valence electrons. The van der Waals surface area contributed by atoms with Crippen molar-refractivity contribution in [2.45, 2.75) is 26.3 Å². The molecule has 0 rings (SSSR count). The molecule has 5 heteroatoms. The normalized spacial score (nSPS) is 10.0. The quantitative estimate of drug-likeness (QED) is 0.640.